The molecule has 0 bridgehead atoms. The van der Waals surface area contributed by atoms with E-state index < -0.39 is 0 Å². The number of hydrogen-bond donors (Lipinski definition) is 3. The van der Waals surface area contributed by atoms with Crippen molar-refractivity contribution in [1.29, 1.82) is 0 Å². The fourth-order valence-corrected chi connectivity index (χ4v) is 1.65. The number of hydrogen-bond acceptors (Lipinski definition) is 4. The molecule has 6 nitrogen and oxygen atoms in total. The van der Waals surface area contributed by atoms with Gasteiger partial charge in [0.2, 0.25) is 0 Å². The molecule has 18 heavy (non-hydrogen) atoms. The summed E-state index contributed by atoms with van der Waals surface area (Å²) in [5.41, 5.74) is 5.34. The van der Waals surface area contributed by atoms with Crippen LogP contribution in [0.5, 0.6) is 0 Å². The maximum atomic E-state index is 8.68. The van der Waals surface area contributed by atoms with Crippen LogP contribution in [-0.4, -0.2) is 33.4 Å². The summed E-state index contributed by atoms with van der Waals surface area (Å²) in [5.74, 6) is 0.268. The van der Waals surface area contributed by atoms with E-state index in [1.807, 2.05) is 30.8 Å². The molecule has 0 aliphatic heterocycles. The van der Waals surface area contributed by atoms with Crippen molar-refractivity contribution in [3.8, 4) is 0 Å². The van der Waals surface area contributed by atoms with Crippen molar-refractivity contribution < 1.29 is 5.21 Å². The molecule has 1 unspecified atom stereocenters. The van der Waals surface area contributed by atoms with Crippen LogP contribution in [0.2, 0.25) is 0 Å². The maximum Gasteiger partial charge on any atom is 0.144 e. The van der Waals surface area contributed by atoms with Crippen molar-refractivity contribution in [1.82, 2.24) is 15.1 Å². The van der Waals surface area contributed by atoms with Gasteiger partial charge in [-0.1, -0.05) is 19.0 Å². The Labute approximate surface area is 108 Å². The molecular weight excluding hydrogens is 230 g/mol. The number of nitrogens with one attached hydrogen (secondary N) is 1. The minimum Gasteiger partial charge on any atom is -0.409 e. The Kier molecular flexibility index (Phi) is 5.15. The first-order chi connectivity index (χ1) is 8.45. The monoisotopic (exact) mass is 253 g/mol. The van der Waals surface area contributed by atoms with E-state index in [9.17, 15) is 0 Å². The molecule has 102 valence electrons. The Morgan fingerprint density at radius 3 is 2.89 bits per heavy atom. The van der Waals surface area contributed by atoms with Gasteiger partial charge in [-0.3, -0.25) is 4.68 Å². The average molecular weight is 253 g/mol. The SMILES string of the molecule is CC(Cn1cccn1)NCCC(C)(C)C(N)=NO. The lowest BCUT2D eigenvalue weighted by molar-refractivity contribution is 0.304. The first-order valence-corrected chi connectivity index (χ1v) is 6.14. The molecule has 0 saturated carbocycles. The molecule has 0 aliphatic rings. The molecule has 1 aromatic rings. The second-order valence-corrected chi connectivity index (χ2v) is 5.20. The average Bonchev–Trinajstić information content (AvgIpc) is 2.80. The molecular formula is C12H23N5O. The van der Waals surface area contributed by atoms with Crippen LogP contribution in [-0.2, 0) is 6.54 Å². The van der Waals surface area contributed by atoms with Gasteiger partial charge in [0.1, 0.15) is 5.84 Å². The van der Waals surface area contributed by atoms with Gasteiger partial charge < -0.3 is 16.3 Å². The van der Waals surface area contributed by atoms with Crippen LogP contribution < -0.4 is 11.1 Å². The topological polar surface area (TPSA) is 88.5 Å². The van der Waals surface area contributed by atoms with Gasteiger partial charge in [0.25, 0.3) is 0 Å². The smallest absolute Gasteiger partial charge is 0.144 e. The lowest BCUT2D eigenvalue weighted by Crippen LogP contribution is -2.38. The number of rotatable bonds is 7. The molecule has 0 radical (unpaired) electrons. The lowest BCUT2D eigenvalue weighted by atomic mass is 9.88. The summed E-state index contributed by atoms with van der Waals surface area (Å²) < 4.78 is 1.90. The zero-order valence-corrected chi connectivity index (χ0v) is 11.3. The highest BCUT2D eigenvalue weighted by molar-refractivity contribution is 5.85. The summed E-state index contributed by atoms with van der Waals surface area (Å²) in [5, 5.41) is 19.3. The van der Waals surface area contributed by atoms with Gasteiger partial charge >= 0.3 is 0 Å². The minimum absolute atomic E-state index is 0.268. The third-order valence-corrected chi connectivity index (χ3v) is 3.06. The van der Waals surface area contributed by atoms with Crippen LogP contribution in [0.1, 0.15) is 27.2 Å². The third-order valence-electron chi connectivity index (χ3n) is 3.06. The molecule has 0 aromatic carbocycles. The summed E-state index contributed by atoms with van der Waals surface area (Å²) in [6, 6.07) is 2.24. The second-order valence-electron chi connectivity index (χ2n) is 5.20. The predicted octanol–water partition coefficient (Wildman–Crippen LogP) is 1.02. The molecule has 0 fully saturated rings. The molecule has 0 saturated heterocycles. The highest BCUT2D eigenvalue weighted by Crippen LogP contribution is 2.19. The normalized spacial score (nSPS) is 14.7. The van der Waals surface area contributed by atoms with Crippen molar-refractivity contribution in [2.45, 2.75) is 39.8 Å². The van der Waals surface area contributed by atoms with E-state index in [0.717, 1.165) is 19.5 Å². The quantitative estimate of drug-likeness (QED) is 0.293. The van der Waals surface area contributed by atoms with Crippen LogP contribution in [0.3, 0.4) is 0 Å². The summed E-state index contributed by atoms with van der Waals surface area (Å²) in [6.45, 7) is 7.67. The Bertz CT molecular complexity index is 372. The van der Waals surface area contributed by atoms with Crippen molar-refractivity contribution >= 4 is 5.84 Å². The molecule has 1 rings (SSSR count). The Hall–Kier alpha value is -1.56. The van der Waals surface area contributed by atoms with E-state index in [2.05, 4.69) is 22.5 Å². The highest BCUT2D eigenvalue weighted by atomic mass is 16.4. The Morgan fingerprint density at radius 1 is 1.61 bits per heavy atom. The van der Waals surface area contributed by atoms with Gasteiger partial charge in [-0.05, 0) is 26.0 Å². The summed E-state index contributed by atoms with van der Waals surface area (Å²) in [7, 11) is 0. The zero-order chi connectivity index (χ0) is 13.6. The number of nitrogens with two attached hydrogens (primary N) is 1. The summed E-state index contributed by atoms with van der Waals surface area (Å²) in [6.07, 6.45) is 4.53. The molecule has 0 amide bonds. The van der Waals surface area contributed by atoms with Crippen LogP contribution >= 0.6 is 0 Å². The van der Waals surface area contributed by atoms with Crippen molar-refractivity contribution in [2.75, 3.05) is 6.54 Å². The van der Waals surface area contributed by atoms with Crippen LogP contribution in [0, 0.1) is 5.41 Å². The predicted molar refractivity (Wildman–Crippen MR) is 71.5 cm³/mol. The summed E-state index contributed by atoms with van der Waals surface area (Å²) >= 11 is 0. The van der Waals surface area contributed by atoms with E-state index in [1.54, 1.807) is 6.20 Å². The number of aromatic nitrogens is 2. The van der Waals surface area contributed by atoms with Gasteiger partial charge in [0.15, 0.2) is 0 Å². The number of oxime groups is 1. The molecule has 0 spiro atoms. The Balaban J connectivity index is 2.29. The first kappa shape index (κ1) is 14.5. The van der Waals surface area contributed by atoms with Gasteiger partial charge in [-0.2, -0.15) is 5.10 Å². The van der Waals surface area contributed by atoms with Gasteiger partial charge in [-0.15, -0.1) is 0 Å². The van der Waals surface area contributed by atoms with E-state index in [4.69, 9.17) is 10.9 Å². The van der Waals surface area contributed by atoms with Crippen LogP contribution in [0.15, 0.2) is 23.6 Å². The first-order valence-electron chi connectivity index (χ1n) is 6.14. The molecule has 6 heteroatoms. The highest BCUT2D eigenvalue weighted by Gasteiger charge is 2.23. The minimum atomic E-state index is -0.298. The largest absolute Gasteiger partial charge is 0.409 e. The van der Waals surface area contributed by atoms with Crippen molar-refractivity contribution in [3.63, 3.8) is 0 Å². The fraction of sp³-hybridized carbons (Fsp3) is 0.667. The fourth-order valence-electron chi connectivity index (χ4n) is 1.65. The zero-order valence-electron chi connectivity index (χ0n) is 11.3. The van der Waals surface area contributed by atoms with Crippen LogP contribution in [0.4, 0.5) is 0 Å². The van der Waals surface area contributed by atoms with Crippen molar-refractivity contribution in [2.24, 2.45) is 16.3 Å². The molecule has 1 heterocycles. The third kappa shape index (κ3) is 4.37. The van der Waals surface area contributed by atoms with Gasteiger partial charge in [-0.25, -0.2) is 0 Å². The van der Waals surface area contributed by atoms with Gasteiger partial charge in [0.05, 0.1) is 6.54 Å². The van der Waals surface area contributed by atoms with E-state index in [-0.39, 0.29) is 11.3 Å². The lowest BCUT2D eigenvalue weighted by Gasteiger charge is -2.24. The summed E-state index contributed by atoms with van der Waals surface area (Å²) in [4.78, 5) is 0. The Morgan fingerprint density at radius 2 is 2.33 bits per heavy atom. The van der Waals surface area contributed by atoms with Crippen molar-refractivity contribution in [3.05, 3.63) is 18.5 Å². The van der Waals surface area contributed by atoms with Gasteiger partial charge in [0, 0.05) is 23.9 Å². The number of nitrogens with zero attached hydrogens (tertiary/aromatic N) is 3. The maximum absolute atomic E-state index is 8.68. The second kappa shape index (κ2) is 6.39. The molecule has 1 atom stereocenters. The van der Waals surface area contributed by atoms with E-state index in [0.29, 0.717) is 6.04 Å². The standard InChI is InChI=1S/C12H23N5O/c1-10(9-17-8-4-6-15-17)14-7-5-12(2,3)11(13)16-18/h4,6,8,10,14,18H,5,7,9H2,1-3H3,(H2,13,16). The molecule has 1 aromatic heterocycles. The molecule has 4 N–H and O–H groups in total. The van der Waals surface area contributed by atoms with Crippen LogP contribution in [0.25, 0.3) is 0 Å². The van der Waals surface area contributed by atoms with E-state index in [1.165, 1.54) is 0 Å². The number of amidine groups is 1. The molecule has 0 aliphatic carbocycles. The van der Waals surface area contributed by atoms with E-state index >= 15 is 0 Å².